The molecule has 15 rings (SSSR count). The average Bonchev–Trinajstić information content (AvgIpc) is 3.92. The molecule has 6 nitrogen and oxygen atoms in total. The fourth-order valence-electron chi connectivity index (χ4n) is 11.6. The number of nitrogens with zero attached hydrogens (tertiary/aromatic N) is 6. The van der Waals surface area contributed by atoms with Crippen LogP contribution in [-0.4, -0.2) is 24.9 Å². The second kappa shape index (κ2) is 15.5. The summed E-state index contributed by atoms with van der Waals surface area (Å²) in [7, 11) is 0. The van der Waals surface area contributed by atoms with Gasteiger partial charge in [-0.25, -0.2) is 15.0 Å². The van der Waals surface area contributed by atoms with E-state index in [0.29, 0.717) is 17.5 Å². The summed E-state index contributed by atoms with van der Waals surface area (Å²) in [5.41, 5.74) is 16.7. The third-order valence-corrected chi connectivity index (χ3v) is 15.8. The summed E-state index contributed by atoms with van der Waals surface area (Å²) in [6.45, 7) is 0. The number of hydrogen-bond acceptors (Lipinski definition) is 7. The lowest BCUT2D eigenvalue weighted by molar-refractivity contribution is 0.788. The van der Waals surface area contributed by atoms with E-state index in [9.17, 15) is 0 Å². The Morgan fingerprint density at radius 2 is 1.01 bits per heavy atom. The van der Waals surface area contributed by atoms with Crippen molar-refractivity contribution in [2.24, 2.45) is 0 Å². The smallest absolute Gasteiger partial charge is 0.164 e. The second-order valence-corrected chi connectivity index (χ2v) is 19.4. The summed E-state index contributed by atoms with van der Waals surface area (Å²) in [4.78, 5) is 31.1. The van der Waals surface area contributed by atoms with Gasteiger partial charge in [-0.15, -0.1) is 0 Å². The summed E-state index contributed by atoms with van der Waals surface area (Å²) in [5.74, 6) is 1.85. The SMILES string of the molecule is c1ccc(N2c3ccccc3Sc3c2ccc2c3-c3ccccc3C23c2cccnc2-c2ncc(-c4cccc(-c5nc(-c6cccc7ccccc67)nc(-c6cccc7ccccc67)n5)c4)cc23)cc1. The number of rotatable bonds is 5. The molecule has 12 aromatic rings. The molecule has 0 saturated carbocycles. The Morgan fingerprint density at radius 1 is 0.394 bits per heavy atom. The van der Waals surface area contributed by atoms with Crippen LogP contribution < -0.4 is 4.90 Å². The van der Waals surface area contributed by atoms with E-state index in [2.05, 4.69) is 223 Å². The van der Waals surface area contributed by atoms with E-state index in [1.165, 1.54) is 43.4 Å². The fourth-order valence-corrected chi connectivity index (χ4v) is 12.8. The van der Waals surface area contributed by atoms with Gasteiger partial charge in [-0.3, -0.25) is 9.97 Å². The van der Waals surface area contributed by atoms with Crippen LogP contribution in [-0.2, 0) is 5.41 Å². The molecule has 1 atom stereocenters. The maximum absolute atomic E-state index is 5.36. The highest BCUT2D eigenvalue weighted by Gasteiger charge is 2.54. The summed E-state index contributed by atoms with van der Waals surface area (Å²) in [5, 5.41) is 4.44. The van der Waals surface area contributed by atoms with E-state index in [-0.39, 0.29) is 0 Å². The molecule has 330 valence electrons. The zero-order valence-corrected chi connectivity index (χ0v) is 38.8. The van der Waals surface area contributed by atoms with Gasteiger partial charge in [-0.2, -0.15) is 0 Å². The zero-order chi connectivity index (χ0) is 46.6. The minimum atomic E-state index is -0.662. The van der Waals surface area contributed by atoms with Crippen molar-refractivity contribution in [2.75, 3.05) is 4.90 Å². The lowest BCUT2D eigenvalue weighted by Gasteiger charge is -2.35. The van der Waals surface area contributed by atoms with Crippen molar-refractivity contribution in [2.45, 2.75) is 15.2 Å². The number of hydrogen-bond donors (Lipinski definition) is 0. The van der Waals surface area contributed by atoms with Gasteiger partial charge in [-0.1, -0.05) is 182 Å². The topological polar surface area (TPSA) is 67.7 Å². The zero-order valence-electron chi connectivity index (χ0n) is 38.0. The predicted octanol–water partition coefficient (Wildman–Crippen LogP) is 15.9. The molecule has 0 radical (unpaired) electrons. The van der Waals surface area contributed by atoms with E-state index in [4.69, 9.17) is 24.9 Å². The monoisotopic (exact) mass is 922 g/mol. The van der Waals surface area contributed by atoms with Crippen LogP contribution >= 0.6 is 11.8 Å². The number of aromatic nitrogens is 5. The molecule has 0 N–H and O–H groups in total. The molecule has 3 aliphatic rings. The highest BCUT2D eigenvalue weighted by molar-refractivity contribution is 8.00. The van der Waals surface area contributed by atoms with Gasteiger partial charge in [-0.05, 0) is 97.9 Å². The first kappa shape index (κ1) is 39.9. The molecule has 9 aromatic carbocycles. The number of anilines is 3. The minimum absolute atomic E-state index is 0.599. The number of para-hydroxylation sites is 2. The Balaban J connectivity index is 0.918. The molecule has 0 bridgehead atoms. The first-order chi connectivity index (χ1) is 35.2. The van der Waals surface area contributed by atoms with E-state index < -0.39 is 5.41 Å². The van der Waals surface area contributed by atoms with Crippen LogP contribution in [0.4, 0.5) is 17.1 Å². The maximum atomic E-state index is 5.36. The number of pyridine rings is 2. The van der Waals surface area contributed by atoms with Gasteiger partial charge in [0.25, 0.3) is 0 Å². The van der Waals surface area contributed by atoms with E-state index >= 15 is 0 Å². The van der Waals surface area contributed by atoms with E-state index in [1.807, 2.05) is 24.2 Å². The van der Waals surface area contributed by atoms with Crippen molar-refractivity contribution in [3.05, 3.63) is 253 Å². The van der Waals surface area contributed by atoms with Crippen molar-refractivity contribution >= 4 is 50.4 Å². The van der Waals surface area contributed by atoms with Crippen LogP contribution in [0.25, 0.3) is 89.4 Å². The summed E-state index contributed by atoms with van der Waals surface area (Å²) >= 11 is 1.86. The normalized spacial score (nSPS) is 14.7. The van der Waals surface area contributed by atoms with E-state index in [1.54, 1.807) is 0 Å². The van der Waals surface area contributed by atoms with Gasteiger partial charge >= 0.3 is 0 Å². The maximum Gasteiger partial charge on any atom is 0.164 e. The predicted molar refractivity (Wildman–Crippen MR) is 287 cm³/mol. The molecule has 1 spiro atoms. The summed E-state index contributed by atoms with van der Waals surface area (Å²) < 4.78 is 0. The van der Waals surface area contributed by atoms with Gasteiger partial charge in [0.2, 0.25) is 0 Å². The van der Waals surface area contributed by atoms with Crippen molar-refractivity contribution in [1.82, 2.24) is 24.9 Å². The van der Waals surface area contributed by atoms with Crippen LogP contribution in [0.15, 0.2) is 241 Å². The third-order valence-electron chi connectivity index (χ3n) is 14.6. The van der Waals surface area contributed by atoms with Crippen LogP contribution in [0.2, 0.25) is 0 Å². The molecule has 1 unspecified atom stereocenters. The van der Waals surface area contributed by atoms with Crippen molar-refractivity contribution in [1.29, 1.82) is 0 Å². The standard InChI is InChI=1S/C64H38N6S/c1-2-22-44(23-3-1)70-54-31-10-11-32-56(54)71-60-55(70)34-33-51-57(60)49-26-8-9-29-50(49)64(51)52-30-15-35-65-58(52)59-53(64)37-43(38-66-59)41-20-12-21-42(36-41)61-67-62(47-27-13-18-39-16-4-6-24-45(39)47)69-63(68-61)48-28-14-19-40-17-5-7-25-46(40)48/h1-38H. The minimum Gasteiger partial charge on any atom is -0.308 e. The Kier molecular flexibility index (Phi) is 8.70. The van der Waals surface area contributed by atoms with Crippen LogP contribution in [0.1, 0.15) is 22.3 Å². The first-order valence-electron chi connectivity index (χ1n) is 23.9. The first-order valence-corrected chi connectivity index (χ1v) is 24.7. The molecule has 4 heterocycles. The molecular formula is C64H38N6S. The number of fused-ring (bicyclic) bond motifs is 15. The van der Waals surface area contributed by atoms with Crippen LogP contribution in [0, 0.1) is 0 Å². The Labute approximate surface area is 414 Å². The molecule has 71 heavy (non-hydrogen) atoms. The Bertz CT molecular complexity index is 4080. The Morgan fingerprint density at radius 3 is 1.82 bits per heavy atom. The van der Waals surface area contributed by atoms with Gasteiger partial charge in [0.1, 0.15) is 0 Å². The largest absolute Gasteiger partial charge is 0.308 e. The Hall–Kier alpha value is -9.04. The van der Waals surface area contributed by atoms with Gasteiger partial charge in [0.15, 0.2) is 17.5 Å². The summed E-state index contributed by atoms with van der Waals surface area (Å²) in [6, 6.07) is 77.9. The highest BCUT2D eigenvalue weighted by Crippen LogP contribution is 2.66. The van der Waals surface area contributed by atoms with Crippen LogP contribution in [0.3, 0.4) is 0 Å². The summed E-state index contributed by atoms with van der Waals surface area (Å²) in [6.07, 6.45) is 3.90. The molecule has 0 fully saturated rings. The van der Waals surface area contributed by atoms with Crippen molar-refractivity contribution in [3.63, 3.8) is 0 Å². The molecule has 1 aliphatic heterocycles. The lowest BCUT2D eigenvalue weighted by Crippen LogP contribution is -2.26. The molecule has 2 aliphatic carbocycles. The molecule has 3 aromatic heterocycles. The quantitative estimate of drug-likeness (QED) is 0.170. The average molecular weight is 923 g/mol. The van der Waals surface area contributed by atoms with Gasteiger partial charge in [0, 0.05) is 61.3 Å². The van der Waals surface area contributed by atoms with Crippen LogP contribution in [0.5, 0.6) is 0 Å². The highest BCUT2D eigenvalue weighted by atomic mass is 32.2. The molecule has 0 saturated heterocycles. The van der Waals surface area contributed by atoms with Gasteiger partial charge in [0.05, 0.1) is 28.2 Å². The van der Waals surface area contributed by atoms with Gasteiger partial charge < -0.3 is 4.90 Å². The van der Waals surface area contributed by atoms with Crippen molar-refractivity contribution in [3.8, 4) is 67.8 Å². The van der Waals surface area contributed by atoms with Crippen molar-refractivity contribution < 1.29 is 0 Å². The molecular weight excluding hydrogens is 885 g/mol. The third kappa shape index (κ3) is 5.87. The molecule has 0 amide bonds. The fraction of sp³-hybridized carbons (Fsp3) is 0.0156. The second-order valence-electron chi connectivity index (χ2n) is 18.3. The van der Waals surface area contributed by atoms with E-state index in [0.717, 1.165) is 77.6 Å². The number of benzene rings is 9. The molecule has 7 heteroatoms. The lowest BCUT2D eigenvalue weighted by atomic mass is 9.70.